The van der Waals surface area contributed by atoms with Crippen LogP contribution >= 0.6 is 28.3 Å². The molecule has 0 bridgehead atoms. The van der Waals surface area contributed by atoms with Crippen molar-refractivity contribution in [3.05, 3.63) is 28.2 Å². The van der Waals surface area contributed by atoms with Crippen LogP contribution in [0.5, 0.6) is 5.75 Å². The molecular weight excluding hydrogens is 305 g/mol. The lowest BCUT2D eigenvalue weighted by molar-refractivity contribution is 0.0395. The van der Waals surface area contributed by atoms with Gasteiger partial charge in [0.1, 0.15) is 5.75 Å². The average molecular weight is 325 g/mol. The van der Waals surface area contributed by atoms with Gasteiger partial charge in [0, 0.05) is 10.0 Å². The monoisotopic (exact) mass is 323 g/mol. The van der Waals surface area contributed by atoms with E-state index in [9.17, 15) is 10.2 Å². The Kier molecular flexibility index (Phi) is 5.94. The number of hydrogen-bond acceptors (Lipinski definition) is 3. The summed E-state index contributed by atoms with van der Waals surface area (Å²) < 4.78 is 0.784. The summed E-state index contributed by atoms with van der Waals surface area (Å²) in [7, 11) is 0. The lowest BCUT2D eigenvalue weighted by atomic mass is 9.82. The van der Waals surface area contributed by atoms with Crippen LogP contribution < -0.4 is 5.73 Å². The number of nitrogens with two attached hydrogens (primary N) is 1. The molecule has 0 aliphatic heterocycles. The highest BCUT2D eigenvalue weighted by atomic mass is 79.9. The van der Waals surface area contributed by atoms with Crippen molar-refractivity contribution in [2.75, 3.05) is 0 Å². The van der Waals surface area contributed by atoms with E-state index in [1.54, 1.807) is 18.2 Å². The Morgan fingerprint density at radius 2 is 1.82 bits per heavy atom. The van der Waals surface area contributed by atoms with Crippen molar-refractivity contribution in [3.63, 3.8) is 0 Å². The molecule has 4 N–H and O–H groups in total. The first-order valence-corrected chi connectivity index (χ1v) is 5.95. The van der Waals surface area contributed by atoms with Crippen LogP contribution in [0.2, 0.25) is 0 Å². The third-order valence-electron chi connectivity index (χ3n) is 2.58. The molecule has 5 heteroatoms. The summed E-state index contributed by atoms with van der Waals surface area (Å²) in [5.74, 6) is 0.102. The molecule has 2 atom stereocenters. The minimum Gasteiger partial charge on any atom is -0.508 e. The van der Waals surface area contributed by atoms with Gasteiger partial charge in [-0.1, -0.05) is 42.8 Å². The van der Waals surface area contributed by atoms with Crippen molar-refractivity contribution in [1.29, 1.82) is 0 Å². The zero-order valence-corrected chi connectivity index (χ0v) is 12.5. The lowest BCUT2D eigenvalue weighted by Gasteiger charge is -2.31. The fourth-order valence-electron chi connectivity index (χ4n) is 1.51. The molecule has 0 aromatic heterocycles. The Morgan fingerprint density at radius 1 is 1.29 bits per heavy atom. The van der Waals surface area contributed by atoms with Gasteiger partial charge in [-0.15, -0.1) is 12.4 Å². The first-order chi connectivity index (χ1) is 7.23. The topological polar surface area (TPSA) is 66.5 Å². The highest BCUT2D eigenvalue weighted by Crippen LogP contribution is 2.33. The molecular formula is C12H19BrClNO2. The standard InChI is InChI=1S/C12H18BrNO2.ClH/c1-12(2,3)11(16)10(14)8-5-4-7(13)6-9(8)15;/h4-6,10-11,15-16H,14H2,1-3H3;1H/t10-,11-;/m1./s1. The molecule has 1 rings (SSSR count). The van der Waals surface area contributed by atoms with Crippen molar-refractivity contribution < 1.29 is 10.2 Å². The second-order valence-electron chi connectivity index (χ2n) is 5.04. The summed E-state index contributed by atoms with van der Waals surface area (Å²) in [4.78, 5) is 0. The minimum atomic E-state index is -0.709. The van der Waals surface area contributed by atoms with E-state index in [0.29, 0.717) is 5.56 Å². The van der Waals surface area contributed by atoms with Crippen LogP contribution in [0.4, 0.5) is 0 Å². The van der Waals surface area contributed by atoms with Crippen LogP contribution in [0.25, 0.3) is 0 Å². The highest BCUT2D eigenvalue weighted by molar-refractivity contribution is 9.10. The third-order valence-corrected chi connectivity index (χ3v) is 3.07. The van der Waals surface area contributed by atoms with E-state index in [0.717, 1.165) is 4.47 Å². The van der Waals surface area contributed by atoms with Gasteiger partial charge < -0.3 is 15.9 Å². The summed E-state index contributed by atoms with van der Waals surface area (Å²) in [5, 5.41) is 19.8. The van der Waals surface area contributed by atoms with E-state index in [-0.39, 0.29) is 23.6 Å². The maximum atomic E-state index is 10.1. The molecule has 0 spiro atoms. The molecule has 98 valence electrons. The summed E-state index contributed by atoms with van der Waals surface area (Å²) in [5.41, 5.74) is 6.19. The van der Waals surface area contributed by atoms with Crippen molar-refractivity contribution in [2.45, 2.75) is 32.9 Å². The number of phenolic OH excluding ortho intramolecular Hbond substituents is 1. The van der Waals surface area contributed by atoms with Crippen LogP contribution in [-0.4, -0.2) is 16.3 Å². The van der Waals surface area contributed by atoms with Crippen molar-refractivity contribution >= 4 is 28.3 Å². The van der Waals surface area contributed by atoms with Gasteiger partial charge in [-0.05, 0) is 17.5 Å². The van der Waals surface area contributed by atoms with Crippen molar-refractivity contribution in [3.8, 4) is 5.75 Å². The fraction of sp³-hybridized carbons (Fsp3) is 0.500. The van der Waals surface area contributed by atoms with Gasteiger partial charge in [0.05, 0.1) is 12.1 Å². The Labute approximate surface area is 117 Å². The number of aliphatic hydroxyl groups excluding tert-OH is 1. The molecule has 1 aromatic rings. The smallest absolute Gasteiger partial charge is 0.121 e. The molecule has 0 saturated heterocycles. The molecule has 0 radical (unpaired) electrons. The van der Waals surface area contributed by atoms with E-state index in [4.69, 9.17) is 5.73 Å². The number of halogens is 2. The normalized spacial score (nSPS) is 14.9. The van der Waals surface area contributed by atoms with Gasteiger partial charge in [0.15, 0.2) is 0 Å². The van der Waals surface area contributed by atoms with Gasteiger partial charge in [-0.25, -0.2) is 0 Å². The van der Waals surface area contributed by atoms with Gasteiger partial charge in [-0.3, -0.25) is 0 Å². The Morgan fingerprint density at radius 3 is 2.24 bits per heavy atom. The Hall–Kier alpha value is -0.290. The molecule has 1 aromatic carbocycles. The molecule has 3 nitrogen and oxygen atoms in total. The van der Waals surface area contributed by atoms with Crippen molar-refractivity contribution in [1.82, 2.24) is 0 Å². The second kappa shape index (κ2) is 6.05. The minimum absolute atomic E-state index is 0. The first-order valence-electron chi connectivity index (χ1n) is 5.15. The van der Waals surface area contributed by atoms with E-state index >= 15 is 0 Å². The second-order valence-corrected chi connectivity index (χ2v) is 5.96. The lowest BCUT2D eigenvalue weighted by Crippen LogP contribution is -2.36. The Balaban J connectivity index is 0.00000256. The first kappa shape index (κ1) is 16.7. The van der Waals surface area contributed by atoms with Crippen LogP contribution in [0, 0.1) is 5.41 Å². The largest absolute Gasteiger partial charge is 0.508 e. The van der Waals surface area contributed by atoms with Gasteiger partial charge in [0.2, 0.25) is 0 Å². The quantitative estimate of drug-likeness (QED) is 0.783. The number of aromatic hydroxyl groups is 1. The van der Waals surface area contributed by atoms with Crippen LogP contribution in [0.1, 0.15) is 32.4 Å². The summed E-state index contributed by atoms with van der Waals surface area (Å²) in [6, 6.07) is 4.50. The highest BCUT2D eigenvalue weighted by Gasteiger charge is 2.30. The van der Waals surface area contributed by atoms with Gasteiger partial charge in [0.25, 0.3) is 0 Å². The summed E-state index contributed by atoms with van der Waals surface area (Å²) >= 11 is 3.26. The zero-order chi connectivity index (χ0) is 12.5. The third kappa shape index (κ3) is 4.14. The van der Waals surface area contributed by atoms with E-state index in [1.807, 2.05) is 20.8 Å². The molecule has 0 saturated carbocycles. The van der Waals surface area contributed by atoms with Crippen molar-refractivity contribution in [2.24, 2.45) is 11.1 Å². The maximum absolute atomic E-state index is 10.1. The number of aliphatic hydroxyl groups is 1. The van der Waals surface area contributed by atoms with Crippen LogP contribution in [0.15, 0.2) is 22.7 Å². The van der Waals surface area contributed by atoms with E-state index in [2.05, 4.69) is 15.9 Å². The number of hydrogen-bond donors (Lipinski definition) is 3. The molecule has 0 heterocycles. The Bertz CT molecular complexity index is 379. The molecule has 0 aliphatic carbocycles. The zero-order valence-electron chi connectivity index (χ0n) is 10.1. The fourth-order valence-corrected chi connectivity index (χ4v) is 1.86. The average Bonchev–Trinajstić information content (AvgIpc) is 2.14. The van der Waals surface area contributed by atoms with E-state index in [1.165, 1.54) is 0 Å². The predicted molar refractivity (Wildman–Crippen MR) is 75.4 cm³/mol. The SMILES string of the molecule is CC(C)(C)[C@H](O)[C@H](N)c1ccc(Br)cc1O.Cl. The molecule has 0 aliphatic rings. The molecule has 0 fully saturated rings. The molecule has 0 amide bonds. The molecule has 17 heavy (non-hydrogen) atoms. The summed E-state index contributed by atoms with van der Waals surface area (Å²) in [6.45, 7) is 5.73. The van der Waals surface area contributed by atoms with Crippen LogP contribution in [-0.2, 0) is 0 Å². The summed E-state index contributed by atoms with van der Waals surface area (Å²) in [6.07, 6.45) is -0.709. The maximum Gasteiger partial charge on any atom is 0.121 e. The number of phenols is 1. The molecule has 0 unspecified atom stereocenters. The van der Waals surface area contributed by atoms with E-state index < -0.39 is 12.1 Å². The van der Waals surface area contributed by atoms with Gasteiger partial charge >= 0.3 is 0 Å². The number of benzene rings is 1. The van der Waals surface area contributed by atoms with Gasteiger partial charge in [-0.2, -0.15) is 0 Å². The number of rotatable bonds is 2. The van der Waals surface area contributed by atoms with Crippen LogP contribution in [0.3, 0.4) is 0 Å². The predicted octanol–water partition coefficient (Wildman–Crippen LogP) is 2.98.